The molecular formula is C21H20N2O5. The van der Waals surface area contributed by atoms with E-state index in [4.69, 9.17) is 4.74 Å². The van der Waals surface area contributed by atoms with E-state index >= 15 is 0 Å². The lowest BCUT2D eigenvalue weighted by Crippen LogP contribution is -2.37. The minimum absolute atomic E-state index is 0.188. The fraction of sp³-hybridized carbons (Fsp3) is 0.238. The van der Waals surface area contributed by atoms with Crippen molar-refractivity contribution < 1.29 is 23.9 Å². The molecule has 7 nitrogen and oxygen atoms in total. The number of amides is 3. The number of imide groups is 1. The maximum absolute atomic E-state index is 12.5. The number of ether oxygens (including phenoxy) is 1. The van der Waals surface area contributed by atoms with Crippen LogP contribution in [-0.4, -0.2) is 40.7 Å². The zero-order chi connectivity index (χ0) is 20.5. The van der Waals surface area contributed by atoms with Crippen molar-refractivity contribution in [3.63, 3.8) is 0 Å². The highest BCUT2D eigenvalue weighted by Crippen LogP contribution is 2.23. The van der Waals surface area contributed by atoms with Gasteiger partial charge in [0.1, 0.15) is 12.1 Å². The van der Waals surface area contributed by atoms with Gasteiger partial charge in [0.15, 0.2) is 0 Å². The second-order valence-electron chi connectivity index (χ2n) is 7.34. The summed E-state index contributed by atoms with van der Waals surface area (Å²) in [4.78, 5) is 50.5. The largest absolute Gasteiger partial charge is 0.456 e. The Hall–Kier alpha value is -3.48. The average Bonchev–Trinajstić information content (AvgIpc) is 2.86. The third-order valence-electron chi connectivity index (χ3n) is 4.00. The van der Waals surface area contributed by atoms with Gasteiger partial charge in [-0.1, -0.05) is 24.3 Å². The standard InChI is InChI=1S/C21H20N2O5/c1-21(2,3)28-20(27)15-10-6-7-11-16(15)22-17(24)12-23-18(25)13-8-4-5-9-14(13)19(23)26/h4-11H,12H2,1-3H3,(H,22,24). The van der Waals surface area contributed by atoms with Crippen LogP contribution < -0.4 is 5.32 Å². The van der Waals surface area contributed by atoms with Crippen LogP contribution in [0.2, 0.25) is 0 Å². The molecule has 1 N–H and O–H groups in total. The van der Waals surface area contributed by atoms with E-state index in [0.29, 0.717) is 0 Å². The fourth-order valence-electron chi connectivity index (χ4n) is 2.82. The third kappa shape index (κ3) is 3.93. The van der Waals surface area contributed by atoms with E-state index in [2.05, 4.69) is 5.32 Å². The number of fused-ring (bicyclic) bond motifs is 1. The first-order chi connectivity index (χ1) is 13.2. The van der Waals surface area contributed by atoms with E-state index < -0.39 is 35.8 Å². The number of anilines is 1. The Bertz CT molecular complexity index is 940. The van der Waals surface area contributed by atoms with Crippen molar-refractivity contribution in [1.29, 1.82) is 0 Å². The zero-order valence-electron chi connectivity index (χ0n) is 15.8. The molecule has 3 amide bonds. The van der Waals surface area contributed by atoms with Crippen LogP contribution in [-0.2, 0) is 9.53 Å². The first kappa shape index (κ1) is 19.3. The summed E-state index contributed by atoms with van der Waals surface area (Å²) in [6.07, 6.45) is 0. The molecule has 28 heavy (non-hydrogen) atoms. The molecule has 1 aliphatic heterocycles. The lowest BCUT2D eigenvalue weighted by Gasteiger charge is -2.21. The summed E-state index contributed by atoms with van der Waals surface area (Å²) in [5, 5.41) is 2.59. The number of nitrogens with one attached hydrogen (secondary N) is 1. The van der Waals surface area contributed by atoms with Gasteiger partial charge in [-0.2, -0.15) is 0 Å². The zero-order valence-corrected chi connectivity index (χ0v) is 15.8. The number of hydrogen-bond acceptors (Lipinski definition) is 5. The molecule has 0 saturated heterocycles. The van der Waals surface area contributed by atoms with Crippen LogP contribution in [0, 0.1) is 0 Å². The summed E-state index contributed by atoms with van der Waals surface area (Å²) in [5.41, 5.74) is 0.296. The van der Waals surface area contributed by atoms with Gasteiger partial charge < -0.3 is 10.1 Å². The molecule has 3 rings (SSSR count). The molecular weight excluding hydrogens is 360 g/mol. The van der Waals surface area contributed by atoms with Crippen LogP contribution in [0.4, 0.5) is 5.69 Å². The number of nitrogens with zero attached hydrogens (tertiary/aromatic N) is 1. The molecule has 2 aromatic rings. The van der Waals surface area contributed by atoms with E-state index in [9.17, 15) is 19.2 Å². The van der Waals surface area contributed by atoms with Gasteiger partial charge in [0.05, 0.1) is 22.4 Å². The van der Waals surface area contributed by atoms with Crippen molar-refractivity contribution in [2.45, 2.75) is 26.4 Å². The van der Waals surface area contributed by atoms with Gasteiger partial charge in [0.25, 0.3) is 11.8 Å². The lowest BCUT2D eigenvalue weighted by molar-refractivity contribution is -0.116. The average molecular weight is 380 g/mol. The Morgan fingerprint density at radius 3 is 2.04 bits per heavy atom. The molecule has 2 aromatic carbocycles. The molecule has 7 heteroatoms. The van der Waals surface area contributed by atoms with E-state index in [-0.39, 0.29) is 22.4 Å². The van der Waals surface area contributed by atoms with Crippen LogP contribution >= 0.6 is 0 Å². The first-order valence-corrected chi connectivity index (χ1v) is 8.75. The number of carbonyl (C=O) groups excluding carboxylic acids is 4. The highest BCUT2D eigenvalue weighted by atomic mass is 16.6. The molecule has 144 valence electrons. The van der Waals surface area contributed by atoms with E-state index in [1.54, 1.807) is 63.2 Å². The molecule has 0 aromatic heterocycles. The minimum atomic E-state index is -0.686. The highest BCUT2D eigenvalue weighted by molar-refractivity contribution is 6.22. The first-order valence-electron chi connectivity index (χ1n) is 8.75. The van der Waals surface area contributed by atoms with Crippen LogP contribution in [0.25, 0.3) is 0 Å². The third-order valence-corrected chi connectivity index (χ3v) is 4.00. The molecule has 1 aliphatic rings. The van der Waals surface area contributed by atoms with Gasteiger partial charge in [-0.05, 0) is 45.0 Å². The summed E-state index contributed by atoms with van der Waals surface area (Å²) < 4.78 is 5.35. The Balaban J connectivity index is 1.74. The summed E-state index contributed by atoms with van der Waals surface area (Å²) >= 11 is 0. The molecule has 0 bridgehead atoms. The number of rotatable bonds is 4. The lowest BCUT2D eigenvalue weighted by atomic mass is 10.1. The molecule has 0 spiro atoms. The van der Waals surface area contributed by atoms with Crippen molar-refractivity contribution in [3.8, 4) is 0 Å². The van der Waals surface area contributed by atoms with Gasteiger partial charge in [-0.15, -0.1) is 0 Å². The monoisotopic (exact) mass is 380 g/mol. The summed E-state index contributed by atoms with van der Waals surface area (Å²) in [6, 6.07) is 12.8. The molecule has 0 fully saturated rings. The van der Waals surface area contributed by atoms with Crippen molar-refractivity contribution in [2.75, 3.05) is 11.9 Å². The Morgan fingerprint density at radius 1 is 0.929 bits per heavy atom. The second-order valence-corrected chi connectivity index (χ2v) is 7.34. The maximum atomic E-state index is 12.5. The molecule has 1 heterocycles. The fourth-order valence-corrected chi connectivity index (χ4v) is 2.82. The van der Waals surface area contributed by atoms with Crippen LogP contribution in [0.3, 0.4) is 0 Å². The van der Waals surface area contributed by atoms with E-state index in [1.807, 2.05) is 0 Å². The van der Waals surface area contributed by atoms with Gasteiger partial charge in [-0.25, -0.2) is 4.79 Å². The topological polar surface area (TPSA) is 92.8 Å². The molecule has 0 aliphatic carbocycles. The van der Waals surface area contributed by atoms with Crippen molar-refractivity contribution in [1.82, 2.24) is 4.90 Å². The number of hydrogen-bond donors (Lipinski definition) is 1. The molecule has 0 radical (unpaired) electrons. The maximum Gasteiger partial charge on any atom is 0.340 e. The van der Waals surface area contributed by atoms with Crippen molar-refractivity contribution in [3.05, 3.63) is 65.2 Å². The highest BCUT2D eigenvalue weighted by Gasteiger charge is 2.36. The van der Waals surface area contributed by atoms with Crippen LogP contribution in [0.15, 0.2) is 48.5 Å². The normalized spacial score (nSPS) is 13.3. The molecule has 0 saturated carbocycles. The number of carbonyl (C=O) groups is 4. The van der Waals surface area contributed by atoms with Gasteiger partial charge in [-0.3, -0.25) is 19.3 Å². The predicted octanol–water partition coefficient (Wildman–Crippen LogP) is 2.88. The summed E-state index contributed by atoms with van der Waals surface area (Å²) in [7, 11) is 0. The van der Waals surface area contributed by atoms with Crippen LogP contribution in [0.5, 0.6) is 0 Å². The molecule has 0 unspecified atom stereocenters. The van der Waals surface area contributed by atoms with Gasteiger partial charge >= 0.3 is 5.97 Å². The summed E-state index contributed by atoms with van der Waals surface area (Å²) in [6.45, 7) is 4.78. The van der Waals surface area contributed by atoms with E-state index in [1.165, 1.54) is 6.07 Å². The molecule has 0 atom stereocenters. The number of benzene rings is 2. The van der Waals surface area contributed by atoms with Crippen LogP contribution in [0.1, 0.15) is 51.8 Å². The second kappa shape index (κ2) is 7.26. The van der Waals surface area contributed by atoms with Crippen molar-refractivity contribution >= 4 is 29.4 Å². The van der Waals surface area contributed by atoms with E-state index in [0.717, 1.165) is 4.90 Å². The Morgan fingerprint density at radius 2 is 1.46 bits per heavy atom. The van der Waals surface area contributed by atoms with Crippen molar-refractivity contribution in [2.24, 2.45) is 0 Å². The Labute approximate surface area is 162 Å². The Kier molecular flexibility index (Phi) is 5.00. The van der Waals surface area contributed by atoms with Gasteiger partial charge in [0.2, 0.25) is 5.91 Å². The quantitative estimate of drug-likeness (QED) is 0.650. The van der Waals surface area contributed by atoms with Gasteiger partial charge in [0, 0.05) is 0 Å². The predicted molar refractivity (Wildman–Crippen MR) is 102 cm³/mol. The minimum Gasteiger partial charge on any atom is -0.456 e. The summed E-state index contributed by atoms with van der Waals surface area (Å²) in [5.74, 6) is -2.21. The number of esters is 1. The smallest absolute Gasteiger partial charge is 0.340 e. The number of para-hydroxylation sites is 1. The SMILES string of the molecule is CC(C)(C)OC(=O)c1ccccc1NC(=O)CN1C(=O)c2ccccc2C1=O.